The topological polar surface area (TPSA) is 52.6 Å². The van der Waals surface area contributed by atoms with Gasteiger partial charge in [0.15, 0.2) is 0 Å². The first-order valence-electron chi connectivity index (χ1n) is 11.0. The second-order valence-electron chi connectivity index (χ2n) is 8.14. The van der Waals surface area contributed by atoms with Gasteiger partial charge in [0.1, 0.15) is 11.5 Å². The van der Waals surface area contributed by atoms with Crippen molar-refractivity contribution in [2.75, 3.05) is 0 Å². The Balaban J connectivity index is 0. The van der Waals surface area contributed by atoms with Gasteiger partial charge in [0.05, 0.1) is 11.1 Å². The molecule has 0 aliphatic heterocycles. The number of ether oxygens (including phenoxy) is 2. The SMILES string of the molecule is C.C.C.C.Cc1ccc(OC(=O)c2ccc(C)cc2)cc1.Cc1ccc(OC(=O)c2ccc(C)cc2)cc1. The maximum atomic E-state index is 11.8. The molecular formula is C34H44O4. The third-order valence-corrected chi connectivity index (χ3v) is 5.04. The lowest BCUT2D eigenvalue weighted by atomic mass is 10.1. The fourth-order valence-electron chi connectivity index (χ4n) is 2.92. The van der Waals surface area contributed by atoms with Crippen LogP contribution >= 0.6 is 0 Å². The molecule has 0 heterocycles. The van der Waals surface area contributed by atoms with Gasteiger partial charge in [0.2, 0.25) is 0 Å². The van der Waals surface area contributed by atoms with Gasteiger partial charge < -0.3 is 9.47 Å². The van der Waals surface area contributed by atoms with Crippen LogP contribution in [-0.4, -0.2) is 11.9 Å². The summed E-state index contributed by atoms with van der Waals surface area (Å²) in [6.07, 6.45) is 0. The Labute approximate surface area is 230 Å². The van der Waals surface area contributed by atoms with Crippen molar-refractivity contribution in [1.29, 1.82) is 0 Å². The number of carbonyl (C=O) groups is 2. The molecule has 0 amide bonds. The highest BCUT2D eigenvalue weighted by molar-refractivity contribution is 5.91. The second kappa shape index (κ2) is 17.3. The summed E-state index contributed by atoms with van der Waals surface area (Å²) in [5.74, 6) is 0.491. The van der Waals surface area contributed by atoms with Crippen LogP contribution in [0.4, 0.5) is 0 Å². The minimum atomic E-state index is -0.325. The summed E-state index contributed by atoms with van der Waals surface area (Å²) in [6, 6.07) is 29.5. The minimum Gasteiger partial charge on any atom is -0.423 e. The van der Waals surface area contributed by atoms with Gasteiger partial charge in [0, 0.05) is 0 Å². The first-order chi connectivity index (χ1) is 16.3. The number of rotatable bonds is 4. The Kier molecular flexibility index (Phi) is 16.4. The number of hydrogen-bond acceptors (Lipinski definition) is 4. The second-order valence-corrected chi connectivity index (χ2v) is 8.14. The molecule has 0 unspecified atom stereocenters. The lowest BCUT2D eigenvalue weighted by molar-refractivity contribution is 0.0725. The molecule has 0 N–H and O–H groups in total. The summed E-state index contributed by atoms with van der Waals surface area (Å²) in [7, 11) is 0. The first kappa shape index (κ1) is 36.0. The predicted octanol–water partition coefficient (Wildman–Crippen LogP) is 9.59. The van der Waals surface area contributed by atoms with E-state index in [0.717, 1.165) is 22.3 Å². The zero-order chi connectivity index (χ0) is 24.5. The van der Waals surface area contributed by atoms with Crippen LogP contribution in [0.5, 0.6) is 11.5 Å². The Morgan fingerprint density at radius 2 is 0.605 bits per heavy atom. The maximum absolute atomic E-state index is 11.8. The van der Waals surface area contributed by atoms with E-state index in [-0.39, 0.29) is 41.6 Å². The van der Waals surface area contributed by atoms with E-state index in [2.05, 4.69) is 0 Å². The molecule has 0 bridgehead atoms. The Morgan fingerprint density at radius 3 is 0.842 bits per heavy atom. The van der Waals surface area contributed by atoms with Gasteiger partial charge >= 0.3 is 11.9 Å². The summed E-state index contributed by atoms with van der Waals surface area (Å²) in [4.78, 5) is 23.6. The van der Waals surface area contributed by atoms with Gasteiger partial charge in [-0.05, 0) is 76.2 Å². The van der Waals surface area contributed by atoms with E-state index in [0.29, 0.717) is 22.6 Å². The number of aryl methyl sites for hydroxylation is 4. The molecule has 0 fully saturated rings. The third kappa shape index (κ3) is 11.3. The van der Waals surface area contributed by atoms with Gasteiger partial charge in [-0.1, -0.05) is 100 Å². The molecule has 0 spiro atoms. The molecule has 4 aromatic rings. The van der Waals surface area contributed by atoms with Gasteiger partial charge in [-0.25, -0.2) is 9.59 Å². The molecule has 0 atom stereocenters. The van der Waals surface area contributed by atoms with Crippen molar-refractivity contribution in [2.24, 2.45) is 0 Å². The molecular weight excluding hydrogens is 472 g/mol. The van der Waals surface area contributed by atoms with Crippen molar-refractivity contribution in [3.63, 3.8) is 0 Å². The van der Waals surface area contributed by atoms with E-state index in [1.54, 1.807) is 48.5 Å². The van der Waals surface area contributed by atoms with Crippen molar-refractivity contribution in [3.8, 4) is 11.5 Å². The molecule has 38 heavy (non-hydrogen) atoms. The van der Waals surface area contributed by atoms with E-state index < -0.39 is 0 Å². The van der Waals surface area contributed by atoms with Crippen LogP contribution in [0.15, 0.2) is 97.1 Å². The molecule has 0 saturated heterocycles. The summed E-state index contributed by atoms with van der Waals surface area (Å²) in [6.45, 7) is 7.95. The van der Waals surface area contributed by atoms with Gasteiger partial charge in [-0.3, -0.25) is 0 Å². The van der Waals surface area contributed by atoms with Gasteiger partial charge in [0.25, 0.3) is 0 Å². The Bertz CT molecular complexity index is 1120. The van der Waals surface area contributed by atoms with E-state index in [4.69, 9.17) is 9.47 Å². The highest BCUT2D eigenvalue weighted by Crippen LogP contribution is 2.15. The van der Waals surface area contributed by atoms with Gasteiger partial charge in [-0.15, -0.1) is 0 Å². The monoisotopic (exact) mass is 516 g/mol. The van der Waals surface area contributed by atoms with Crippen molar-refractivity contribution in [2.45, 2.75) is 57.4 Å². The van der Waals surface area contributed by atoms with Crippen molar-refractivity contribution in [3.05, 3.63) is 130 Å². The highest BCUT2D eigenvalue weighted by atomic mass is 16.5. The molecule has 0 radical (unpaired) electrons. The molecule has 0 aromatic heterocycles. The number of esters is 2. The fourth-order valence-corrected chi connectivity index (χ4v) is 2.92. The van der Waals surface area contributed by atoms with Crippen LogP contribution < -0.4 is 9.47 Å². The van der Waals surface area contributed by atoms with Crippen LogP contribution in [0.1, 0.15) is 72.7 Å². The number of benzene rings is 4. The highest BCUT2D eigenvalue weighted by Gasteiger charge is 2.08. The average molecular weight is 517 g/mol. The quantitative estimate of drug-likeness (QED) is 0.200. The molecule has 4 rings (SSSR count). The van der Waals surface area contributed by atoms with Crippen molar-refractivity contribution in [1.82, 2.24) is 0 Å². The normalized spacial score (nSPS) is 8.95. The molecule has 4 heteroatoms. The first-order valence-corrected chi connectivity index (χ1v) is 11.0. The molecule has 204 valence electrons. The fraction of sp³-hybridized carbons (Fsp3) is 0.235. The van der Waals surface area contributed by atoms with Crippen LogP contribution in [-0.2, 0) is 0 Å². The number of carbonyl (C=O) groups excluding carboxylic acids is 2. The van der Waals surface area contributed by atoms with E-state index in [9.17, 15) is 9.59 Å². The molecule has 4 nitrogen and oxygen atoms in total. The lowest BCUT2D eigenvalue weighted by Crippen LogP contribution is -2.08. The van der Waals surface area contributed by atoms with Crippen molar-refractivity contribution < 1.29 is 19.1 Å². The predicted molar refractivity (Wildman–Crippen MR) is 162 cm³/mol. The lowest BCUT2D eigenvalue weighted by Gasteiger charge is -2.04. The summed E-state index contributed by atoms with van der Waals surface area (Å²) < 4.78 is 10.5. The molecule has 0 aliphatic rings. The zero-order valence-corrected chi connectivity index (χ0v) is 19.9. The number of hydrogen-bond donors (Lipinski definition) is 0. The molecule has 0 aliphatic carbocycles. The summed E-state index contributed by atoms with van der Waals surface area (Å²) in [5.41, 5.74) is 5.65. The maximum Gasteiger partial charge on any atom is 0.343 e. The summed E-state index contributed by atoms with van der Waals surface area (Å²) in [5, 5.41) is 0. The smallest absolute Gasteiger partial charge is 0.343 e. The van der Waals surface area contributed by atoms with E-state index >= 15 is 0 Å². The largest absolute Gasteiger partial charge is 0.423 e. The van der Waals surface area contributed by atoms with E-state index in [1.807, 2.05) is 76.2 Å². The van der Waals surface area contributed by atoms with Crippen LogP contribution in [0.2, 0.25) is 0 Å². The third-order valence-electron chi connectivity index (χ3n) is 5.04. The van der Waals surface area contributed by atoms with Crippen molar-refractivity contribution >= 4 is 11.9 Å². The average Bonchev–Trinajstić information content (AvgIpc) is 2.83. The van der Waals surface area contributed by atoms with Crippen LogP contribution in [0.25, 0.3) is 0 Å². The van der Waals surface area contributed by atoms with Crippen LogP contribution in [0.3, 0.4) is 0 Å². The molecule has 4 aromatic carbocycles. The Morgan fingerprint density at radius 1 is 0.395 bits per heavy atom. The minimum absolute atomic E-state index is 0. The zero-order valence-electron chi connectivity index (χ0n) is 19.9. The van der Waals surface area contributed by atoms with Gasteiger partial charge in [-0.2, -0.15) is 0 Å². The standard InChI is InChI=1S/2C15H14O2.4CH4/c2*1-11-3-7-13(8-4-11)15(16)17-14-9-5-12(2)6-10-14;;;;/h2*3-10H,1-2H3;4*1H4. The Hall–Kier alpha value is -4.18. The summed E-state index contributed by atoms with van der Waals surface area (Å²) >= 11 is 0. The van der Waals surface area contributed by atoms with E-state index in [1.165, 1.54) is 0 Å². The molecule has 0 saturated carbocycles. The van der Waals surface area contributed by atoms with Crippen LogP contribution in [0, 0.1) is 27.7 Å².